The summed E-state index contributed by atoms with van der Waals surface area (Å²) < 4.78 is 10.0. The van der Waals surface area contributed by atoms with Crippen LogP contribution < -0.4 is 0 Å². The average molecular weight is 292 g/mol. The van der Waals surface area contributed by atoms with Gasteiger partial charge < -0.3 is 14.2 Å². The third kappa shape index (κ3) is 2.72. The molecule has 2 unspecified atom stereocenters. The van der Waals surface area contributed by atoms with Crippen LogP contribution in [0.15, 0.2) is 10.6 Å². The van der Waals surface area contributed by atoms with Crippen molar-refractivity contribution in [3.63, 3.8) is 0 Å². The Hall–Kier alpha value is -1.69. The molecule has 6 nitrogen and oxygen atoms in total. The second-order valence-corrected chi connectivity index (χ2v) is 5.78. The van der Waals surface area contributed by atoms with Gasteiger partial charge in [-0.3, -0.25) is 9.59 Å². The van der Waals surface area contributed by atoms with Gasteiger partial charge in [-0.2, -0.15) is 0 Å². The van der Waals surface area contributed by atoms with Crippen molar-refractivity contribution in [1.82, 2.24) is 10.1 Å². The van der Waals surface area contributed by atoms with E-state index in [1.807, 2.05) is 4.90 Å². The van der Waals surface area contributed by atoms with Crippen molar-refractivity contribution < 1.29 is 18.8 Å². The molecule has 2 heterocycles. The summed E-state index contributed by atoms with van der Waals surface area (Å²) >= 11 is 0. The molecule has 0 spiro atoms. The van der Waals surface area contributed by atoms with Crippen LogP contribution in [-0.4, -0.2) is 41.4 Å². The van der Waals surface area contributed by atoms with Gasteiger partial charge in [0.15, 0.2) is 11.5 Å². The molecule has 1 amide bonds. The zero-order valence-corrected chi connectivity index (χ0v) is 12.2. The first-order valence-electron chi connectivity index (χ1n) is 7.49. The molecule has 21 heavy (non-hydrogen) atoms. The quantitative estimate of drug-likeness (QED) is 0.846. The molecule has 1 saturated heterocycles. The number of ether oxygens (including phenoxy) is 1. The monoisotopic (exact) mass is 292 g/mol. The minimum absolute atomic E-state index is 0.0156. The second kappa shape index (κ2) is 5.97. The highest BCUT2D eigenvalue weighted by molar-refractivity contribution is 5.93. The van der Waals surface area contributed by atoms with Crippen LogP contribution in [0.25, 0.3) is 0 Å². The molecular weight excluding hydrogens is 272 g/mol. The van der Waals surface area contributed by atoms with E-state index < -0.39 is 0 Å². The first kappa shape index (κ1) is 14.3. The first-order chi connectivity index (χ1) is 10.2. The van der Waals surface area contributed by atoms with Crippen molar-refractivity contribution in [2.24, 2.45) is 5.92 Å². The van der Waals surface area contributed by atoms with E-state index >= 15 is 0 Å². The van der Waals surface area contributed by atoms with Crippen LogP contribution in [0.5, 0.6) is 0 Å². The number of hydrogen-bond acceptors (Lipinski definition) is 5. The molecule has 2 fully saturated rings. The standard InChI is InChI=1S/C15H20N2O4/c1-20-9-10-8-12(16-21-10)15(19)17-7-3-5-13(17)11-4-2-6-14(11)18/h8,11,13H,2-7,9H2,1H3. The number of hydrogen-bond donors (Lipinski definition) is 0. The fraction of sp³-hybridized carbons (Fsp3) is 0.667. The normalized spacial score (nSPS) is 25.8. The van der Waals surface area contributed by atoms with Crippen LogP contribution >= 0.6 is 0 Å². The number of nitrogens with zero attached hydrogens (tertiary/aromatic N) is 2. The Labute approximate surface area is 123 Å². The highest BCUT2D eigenvalue weighted by Gasteiger charge is 2.40. The van der Waals surface area contributed by atoms with Gasteiger partial charge in [-0.25, -0.2) is 0 Å². The lowest BCUT2D eigenvalue weighted by molar-refractivity contribution is -0.121. The molecular formula is C15H20N2O4. The summed E-state index contributed by atoms with van der Waals surface area (Å²) in [7, 11) is 1.56. The van der Waals surface area contributed by atoms with Gasteiger partial charge in [0.25, 0.3) is 5.91 Å². The number of rotatable bonds is 4. The van der Waals surface area contributed by atoms with E-state index in [1.165, 1.54) is 0 Å². The predicted octanol–water partition coefficient (Wildman–Crippen LogP) is 1.79. The molecule has 0 aromatic carbocycles. The van der Waals surface area contributed by atoms with Gasteiger partial charge in [-0.05, 0) is 25.7 Å². The van der Waals surface area contributed by atoms with Gasteiger partial charge in [0.05, 0.1) is 0 Å². The minimum Gasteiger partial charge on any atom is -0.377 e. The van der Waals surface area contributed by atoms with E-state index in [-0.39, 0.29) is 17.9 Å². The number of likely N-dealkylation sites (tertiary alicyclic amines) is 1. The van der Waals surface area contributed by atoms with E-state index in [0.717, 1.165) is 25.7 Å². The van der Waals surface area contributed by atoms with Crippen molar-refractivity contribution in [2.75, 3.05) is 13.7 Å². The van der Waals surface area contributed by atoms with E-state index in [9.17, 15) is 9.59 Å². The summed E-state index contributed by atoms with van der Waals surface area (Å²) in [4.78, 5) is 26.4. The van der Waals surface area contributed by atoms with Gasteiger partial charge in [-0.1, -0.05) is 5.16 Å². The molecule has 3 rings (SSSR count). The van der Waals surface area contributed by atoms with E-state index in [2.05, 4.69) is 5.16 Å². The van der Waals surface area contributed by atoms with Crippen molar-refractivity contribution in [1.29, 1.82) is 0 Å². The third-order valence-electron chi connectivity index (χ3n) is 4.44. The molecule has 0 N–H and O–H groups in total. The molecule has 0 bridgehead atoms. The smallest absolute Gasteiger partial charge is 0.276 e. The SMILES string of the molecule is COCc1cc(C(=O)N2CCCC2C2CCCC2=O)no1. The number of carbonyl (C=O) groups excluding carboxylic acids is 2. The molecule has 1 aliphatic carbocycles. The van der Waals surface area contributed by atoms with Crippen molar-refractivity contribution in [3.05, 3.63) is 17.5 Å². The maximum Gasteiger partial charge on any atom is 0.276 e. The molecule has 2 atom stereocenters. The highest BCUT2D eigenvalue weighted by Crippen LogP contribution is 2.34. The number of carbonyl (C=O) groups is 2. The molecule has 114 valence electrons. The van der Waals surface area contributed by atoms with Gasteiger partial charge in [0.1, 0.15) is 12.4 Å². The second-order valence-electron chi connectivity index (χ2n) is 5.78. The maximum atomic E-state index is 12.6. The molecule has 1 aromatic heterocycles. The lowest BCUT2D eigenvalue weighted by atomic mass is 9.95. The minimum atomic E-state index is -0.136. The lowest BCUT2D eigenvalue weighted by Gasteiger charge is -2.27. The Morgan fingerprint density at radius 3 is 3.05 bits per heavy atom. The summed E-state index contributed by atoms with van der Waals surface area (Å²) in [6.45, 7) is 0.991. The summed E-state index contributed by atoms with van der Waals surface area (Å²) in [6, 6.07) is 1.66. The third-order valence-corrected chi connectivity index (χ3v) is 4.44. The van der Waals surface area contributed by atoms with Gasteiger partial charge in [0, 0.05) is 38.1 Å². The van der Waals surface area contributed by atoms with Gasteiger partial charge in [-0.15, -0.1) is 0 Å². The van der Waals surface area contributed by atoms with Gasteiger partial charge >= 0.3 is 0 Å². The molecule has 0 radical (unpaired) electrons. The fourth-order valence-electron chi connectivity index (χ4n) is 3.48. The van der Waals surface area contributed by atoms with Crippen LogP contribution in [0.4, 0.5) is 0 Å². The zero-order valence-electron chi connectivity index (χ0n) is 12.2. The Bertz CT molecular complexity index is 540. The summed E-state index contributed by atoms with van der Waals surface area (Å²) in [6.07, 6.45) is 4.37. The lowest BCUT2D eigenvalue weighted by Crippen LogP contribution is -2.41. The zero-order chi connectivity index (χ0) is 14.8. The van der Waals surface area contributed by atoms with Gasteiger partial charge in [0.2, 0.25) is 0 Å². The predicted molar refractivity (Wildman–Crippen MR) is 73.6 cm³/mol. The van der Waals surface area contributed by atoms with Crippen molar-refractivity contribution >= 4 is 11.7 Å². The fourth-order valence-corrected chi connectivity index (χ4v) is 3.48. The van der Waals surface area contributed by atoms with E-state index in [1.54, 1.807) is 13.2 Å². The average Bonchev–Trinajstić information content (AvgIpc) is 3.17. The molecule has 6 heteroatoms. The van der Waals surface area contributed by atoms with Crippen LogP contribution in [0, 0.1) is 5.92 Å². The number of amides is 1. The number of Topliss-reactive ketones (excluding diaryl/α,β-unsaturated/α-hetero) is 1. The first-order valence-corrected chi connectivity index (χ1v) is 7.49. The van der Waals surface area contributed by atoms with E-state index in [4.69, 9.17) is 9.26 Å². The highest BCUT2D eigenvalue weighted by atomic mass is 16.5. The Morgan fingerprint density at radius 1 is 1.48 bits per heavy atom. The summed E-state index contributed by atoms with van der Waals surface area (Å²) in [5.41, 5.74) is 0.305. The molecule has 1 aliphatic heterocycles. The summed E-state index contributed by atoms with van der Waals surface area (Å²) in [5.74, 6) is 0.721. The van der Waals surface area contributed by atoms with Crippen molar-refractivity contribution in [3.8, 4) is 0 Å². The Morgan fingerprint density at radius 2 is 2.33 bits per heavy atom. The largest absolute Gasteiger partial charge is 0.377 e. The van der Waals surface area contributed by atoms with Crippen LogP contribution in [0.2, 0.25) is 0 Å². The van der Waals surface area contributed by atoms with E-state index in [0.29, 0.717) is 36.8 Å². The Kier molecular flexibility index (Phi) is 4.05. The topological polar surface area (TPSA) is 72.6 Å². The van der Waals surface area contributed by atoms with Crippen LogP contribution in [-0.2, 0) is 16.1 Å². The number of ketones is 1. The number of aromatic nitrogens is 1. The van der Waals surface area contributed by atoms with Crippen molar-refractivity contribution in [2.45, 2.75) is 44.8 Å². The summed E-state index contributed by atoms with van der Waals surface area (Å²) in [5, 5.41) is 3.83. The molecule has 1 saturated carbocycles. The molecule has 1 aromatic rings. The molecule has 2 aliphatic rings. The number of methoxy groups -OCH3 is 1. The maximum absolute atomic E-state index is 12.6. The van der Waals surface area contributed by atoms with Crippen LogP contribution in [0.3, 0.4) is 0 Å². The van der Waals surface area contributed by atoms with Crippen LogP contribution in [0.1, 0.15) is 48.4 Å². The Balaban J connectivity index is 1.74.